The molecule has 0 radical (unpaired) electrons. The number of aromatic nitrogens is 1. The van der Waals surface area contributed by atoms with Gasteiger partial charge >= 0.3 is 0 Å². The fraction of sp³-hybridized carbons (Fsp3) is 0.600. The van der Waals surface area contributed by atoms with Crippen LogP contribution in [0.4, 0.5) is 0 Å². The summed E-state index contributed by atoms with van der Waals surface area (Å²) in [5.74, 6) is -0.164. The summed E-state index contributed by atoms with van der Waals surface area (Å²) in [6, 6.07) is -0.131. The van der Waals surface area contributed by atoms with E-state index in [-0.39, 0.29) is 11.9 Å². The minimum Gasteiger partial charge on any atom is -0.322 e. The maximum absolute atomic E-state index is 11.9. The Morgan fingerprint density at radius 1 is 1.69 bits per heavy atom. The lowest BCUT2D eigenvalue weighted by molar-refractivity contribution is -0.144. The van der Waals surface area contributed by atoms with Crippen LogP contribution in [0.15, 0.2) is 5.38 Å². The minimum absolute atomic E-state index is 0.131. The molecule has 2 heterocycles. The minimum atomic E-state index is -0.164. The highest BCUT2D eigenvalue weighted by atomic mass is 32.1. The van der Waals surface area contributed by atoms with Crippen molar-refractivity contribution in [3.8, 4) is 0 Å². The van der Waals surface area contributed by atoms with E-state index in [2.05, 4.69) is 4.98 Å². The first-order valence-electron chi connectivity index (χ1n) is 5.34. The van der Waals surface area contributed by atoms with Gasteiger partial charge in [0, 0.05) is 11.9 Å². The smallest absolute Gasteiger partial charge is 0.296 e. The molecule has 0 spiro atoms. The van der Waals surface area contributed by atoms with Crippen molar-refractivity contribution in [3.63, 3.8) is 0 Å². The first kappa shape index (κ1) is 11.5. The van der Waals surface area contributed by atoms with E-state index in [4.69, 9.17) is 10.6 Å². The Morgan fingerprint density at radius 3 is 3.06 bits per heavy atom. The molecule has 0 bridgehead atoms. The third-order valence-electron chi connectivity index (χ3n) is 2.36. The van der Waals surface area contributed by atoms with Crippen LogP contribution in [0.5, 0.6) is 0 Å². The summed E-state index contributed by atoms with van der Waals surface area (Å²) in [7, 11) is 0. The molecule has 6 heteroatoms. The number of rotatable bonds is 2. The van der Waals surface area contributed by atoms with E-state index in [0.29, 0.717) is 18.8 Å². The first-order chi connectivity index (χ1) is 7.68. The molecule has 88 valence electrons. The highest BCUT2D eigenvalue weighted by molar-refractivity contribution is 7.09. The average Bonchev–Trinajstić information content (AvgIpc) is 2.78. The SMILES string of the molecule is CC(N)c1nc(C(=O)N2CCCCO2)cs1. The van der Waals surface area contributed by atoms with Crippen molar-refractivity contribution in [2.24, 2.45) is 5.73 Å². The molecule has 1 fully saturated rings. The zero-order chi connectivity index (χ0) is 11.5. The number of nitrogens with zero attached hydrogens (tertiary/aromatic N) is 2. The van der Waals surface area contributed by atoms with Crippen molar-refractivity contribution >= 4 is 17.2 Å². The lowest BCUT2D eigenvalue weighted by Gasteiger charge is -2.24. The van der Waals surface area contributed by atoms with Crippen LogP contribution >= 0.6 is 11.3 Å². The van der Waals surface area contributed by atoms with Gasteiger partial charge in [-0.05, 0) is 19.8 Å². The van der Waals surface area contributed by atoms with Gasteiger partial charge in [-0.1, -0.05) is 0 Å². The average molecular weight is 241 g/mol. The Bertz CT molecular complexity index is 372. The number of hydrogen-bond acceptors (Lipinski definition) is 5. The second kappa shape index (κ2) is 4.90. The standard InChI is InChI=1S/C10H15N3O2S/c1-7(11)9-12-8(6-16-9)10(14)13-4-2-3-5-15-13/h6-7H,2-5,11H2,1H3. The number of carbonyl (C=O) groups excluding carboxylic acids is 1. The number of amides is 1. The zero-order valence-corrected chi connectivity index (χ0v) is 10.00. The zero-order valence-electron chi connectivity index (χ0n) is 9.18. The summed E-state index contributed by atoms with van der Waals surface area (Å²) >= 11 is 1.41. The highest BCUT2D eigenvalue weighted by Crippen LogP contribution is 2.18. The number of thiazole rings is 1. The summed E-state index contributed by atoms with van der Waals surface area (Å²) in [6.45, 7) is 3.10. The molecule has 0 aliphatic carbocycles. The molecule has 5 nitrogen and oxygen atoms in total. The molecule has 1 saturated heterocycles. The fourth-order valence-electron chi connectivity index (χ4n) is 1.48. The maximum atomic E-state index is 11.9. The molecule has 1 aliphatic rings. The van der Waals surface area contributed by atoms with Gasteiger partial charge in [0.05, 0.1) is 12.6 Å². The third kappa shape index (κ3) is 2.40. The van der Waals surface area contributed by atoms with Gasteiger partial charge in [-0.25, -0.2) is 10.0 Å². The summed E-state index contributed by atoms with van der Waals surface area (Å²) in [5.41, 5.74) is 6.13. The monoisotopic (exact) mass is 241 g/mol. The quantitative estimate of drug-likeness (QED) is 0.848. The van der Waals surface area contributed by atoms with Crippen LogP contribution in [-0.4, -0.2) is 29.1 Å². The van der Waals surface area contributed by atoms with E-state index in [1.807, 2.05) is 6.92 Å². The summed E-state index contributed by atoms with van der Waals surface area (Å²) in [4.78, 5) is 21.4. The van der Waals surface area contributed by atoms with Gasteiger partial charge in [0.25, 0.3) is 5.91 Å². The van der Waals surface area contributed by atoms with Crippen LogP contribution in [0.2, 0.25) is 0 Å². The summed E-state index contributed by atoms with van der Waals surface area (Å²) in [6.07, 6.45) is 1.99. The molecule has 1 atom stereocenters. The second-order valence-corrected chi connectivity index (χ2v) is 4.70. The molecule has 1 aromatic heterocycles. The first-order valence-corrected chi connectivity index (χ1v) is 6.22. The van der Waals surface area contributed by atoms with Crippen LogP contribution in [0, 0.1) is 0 Å². The molecule has 1 amide bonds. The number of nitrogens with two attached hydrogens (primary N) is 1. The third-order valence-corrected chi connectivity index (χ3v) is 3.41. The van der Waals surface area contributed by atoms with Crippen LogP contribution in [0.25, 0.3) is 0 Å². The predicted octanol–water partition coefficient (Wildman–Crippen LogP) is 1.33. The summed E-state index contributed by atoms with van der Waals surface area (Å²) in [5, 5.41) is 3.91. The molecule has 0 saturated carbocycles. The lowest BCUT2D eigenvalue weighted by atomic mass is 10.3. The van der Waals surface area contributed by atoms with Gasteiger partial charge in [0.2, 0.25) is 0 Å². The lowest BCUT2D eigenvalue weighted by Crippen LogP contribution is -2.35. The molecule has 2 N–H and O–H groups in total. The van der Waals surface area contributed by atoms with E-state index in [9.17, 15) is 4.79 Å². The van der Waals surface area contributed by atoms with Crippen LogP contribution in [-0.2, 0) is 4.84 Å². The Hall–Kier alpha value is -0.980. The van der Waals surface area contributed by atoms with Gasteiger partial charge in [-0.2, -0.15) is 0 Å². The normalized spacial score (nSPS) is 18.5. The number of carbonyl (C=O) groups is 1. The Labute approximate surface area is 98.2 Å². The Balaban J connectivity index is 2.07. The van der Waals surface area contributed by atoms with E-state index in [1.54, 1.807) is 5.38 Å². The fourth-order valence-corrected chi connectivity index (χ4v) is 2.23. The van der Waals surface area contributed by atoms with Crippen LogP contribution < -0.4 is 5.73 Å². The molecule has 1 aliphatic heterocycles. The topological polar surface area (TPSA) is 68.5 Å². The van der Waals surface area contributed by atoms with Crippen molar-refractivity contribution in [1.82, 2.24) is 10.0 Å². The van der Waals surface area contributed by atoms with Gasteiger partial charge in [0.15, 0.2) is 0 Å². The van der Waals surface area contributed by atoms with E-state index in [0.717, 1.165) is 17.8 Å². The molecule has 1 unspecified atom stereocenters. The van der Waals surface area contributed by atoms with Crippen molar-refractivity contribution in [2.45, 2.75) is 25.8 Å². The molecule has 0 aromatic carbocycles. The number of hydrogen-bond donors (Lipinski definition) is 1. The predicted molar refractivity (Wildman–Crippen MR) is 60.9 cm³/mol. The van der Waals surface area contributed by atoms with E-state index in [1.165, 1.54) is 16.4 Å². The molecule has 16 heavy (non-hydrogen) atoms. The van der Waals surface area contributed by atoms with Crippen LogP contribution in [0.1, 0.15) is 41.3 Å². The Morgan fingerprint density at radius 2 is 2.50 bits per heavy atom. The molecule has 1 aromatic rings. The Kier molecular flexibility index (Phi) is 3.52. The largest absolute Gasteiger partial charge is 0.322 e. The van der Waals surface area contributed by atoms with Gasteiger partial charge in [0.1, 0.15) is 10.7 Å². The van der Waals surface area contributed by atoms with E-state index >= 15 is 0 Å². The summed E-state index contributed by atoms with van der Waals surface area (Å²) < 4.78 is 0. The highest BCUT2D eigenvalue weighted by Gasteiger charge is 2.22. The molecular formula is C10H15N3O2S. The van der Waals surface area contributed by atoms with E-state index < -0.39 is 0 Å². The molecule has 2 rings (SSSR count). The van der Waals surface area contributed by atoms with Crippen molar-refractivity contribution in [3.05, 3.63) is 16.1 Å². The second-order valence-electron chi connectivity index (χ2n) is 3.81. The van der Waals surface area contributed by atoms with Gasteiger partial charge in [-0.3, -0.25) is 9.63 Å². The number of hydroxylamine groups is 2. The van der Waals surface area contributed by atoms with Crippen molar-refractivity contribution < 1.29 is 9.63 Å². The van der Waals surface area contributed by atoms with Crippen molar-refractivity contribution in [1.29, 1.82) is 0 Å². The maximum Gasteiger partial charge on any atom is 0.296 e. The van der Waals surface area contributed by atoms with Crippen LogP contribution in [0.3, 0.4) is 0 Å². The van der Waals surface area contributed by atoms with Gasteiger partial charge < -0.3 is 5.73 Å². The van der Waals surface area contributed by atoms with Gasteiger partial charge in [-0.15, -0.1) is 11.3 Å². The molecular weight excluding hydrogens is 226 g/mol. The van der Waals surface area contributed by atoms with Crippen molar-refractivity contribution in [2.75, 3.05) is 13.2 Å².